The predicted octanol–water partition coefficient (Wildman–Crippen LogP) is 4.61. The minimum Gasteiger partial charge on any atom is -0.355 e. The summed E-state index contributed by atoms with van der Waals surface area (Å²) in [5.41, 5.74) is 2.27. The number of nitrogens with one attached hydrogen (secondary N) is 2. The number of benzene rings is 2. The molecule has 1 atom stereocenters. The normalized spacial score (nSPS) is 12.2. The Bertz CT molecular complexity index is 928. The summed E-state index contributed by atoms with van der Waals surface area (Å²) < 4.78 is 2.06. The van der Waals surface area contributed by atoms with E-state index in [1.165, 1.54) is 0 Å². The van der Waals surface area contributed by atoms with Crippen LogP contribution in [0.2, 0.25) is 5.02 Å². The number of aryl methyl sites for hydroxylation is 1. The molecule has 6 nitrogen and oxygen atoms in total. The first-order valence-corrected chi connectivity index (χ1v) is 10.2. The molecule has 30 heavy (non-hydrogen) atoms. The van der Waals surface area contributed by atoms with Gasteiger partial charge >= 0.3 is 0 Å². The van der Waals surface area contributed by atoms with Gasteiger partial charge in [0.1, 0.15) is 12.2 Å². The fraction of sp³-hybridized carbons (Fsp3) is 0.318. The molecule has 0 bridgehead atoms. The van der Waals surface area contributed by atoms with Crippen molar-refractivity contribution < 1.29 is 0 Å². The lowest BCUT2D eigenvalue weighted by Gasteiger charge is -2.19. The van der Waals surface area contributed by atoms with Crippen molar-refractivity contribution in [3.8, 4) is 0 Å². The third kappa shape index (κ3) is 7.28. The Morgan fingerprint density at radius 3 is 2.70 bits per heavy atom. The number of guanidine groups is 1. The second-order valence-corrected chi connectivity index (χ2v) is 7.23. The van der Waals surface area contributed by atoms with Crippen molar-refractivity contribution in [2.75, 3.05) is 6.54 Å². The summed E-state index contributed by atoms with van der Waals surface area (Å²) in [6.45, 7) is 6.27. The highest BCUT2D eigenvalue weighted by molar-refractivity contribution is 14.0. The lowest BCUT2D eigenvalue weighted by atomic mass is 10.1. The molecule has 3 aromatic rings. The number of aliphatic imine (C=N–C) groups is 1. The Hall–Kier alpha value is -2.13. The number of hydrogen-bond acceptors (Lipinski definition) is 3. The third-order valence-corrected chi connectivity index (χ3v) is 4.86. The molecule has 0 aliphatic carbocycles. The largest absolute Gasteiger partial charge is 0.355 e. The lowest BCUT2D eigenvalue weighted by Crippen LogP contribution is -2.40. The van der Waals surface area contributed by atoms with E-state index < -0.39 is 0 Å². The monoisotopic (exact) mass is 538 g/mol. The quantitative estimate of drug-likeness (QED) is 0.250. The molecule has 1 heterocycles. The minimum atomic E-state index is 0. The second kappa shape index (κ2) is 12.5. The standard InChI is InChI=1S/C22H27ClN6.HI/c1-3-21-28-26-16-29(21)13-12-24-22(25-15-18-8-5-4-6-9-18)27-17(2)19-10-7-11-20(23)14-19;/h4-11,14,16-17H,3,12-13,15H2,1-2H3,(H2,24,25,27);1H. The van der Waals surface area contributed by atoms with Gasteiger partial charge in [0.05, 0.1) is 12.6 Å². The molecule has 0 radical (unpaired) electrons. The van der Waals surface area contributed by atoms with Crippen LogP contribution in [0.5, 0.6) is 0 Å². The molecule has 0 fully saturated rings. The maximum atomic E-state index is 6.15. The first-order chi connectivity index (χ1) is 14.2. The van der Waals surface area contributed by atoms with Gasteiger partial charge in [-0.1, -0.05) is 61.0 Å². The van der Waals surface area contributed by atoms with Gasteiger partial charge in [-0.05, 0) is 30.2 Å². The van der Waals surface area contributed by atoms with Crippen LogP contribution >= 0.6 is 35.6 Å². The number of nitrogens with zero attached hydrogens (tertiary/aromatic N) is 4. The first kappa shape index (κ1) is 24.1. The van der Waals surface area contributed by atoms with Crippen molar-refractivity contribution in [1.29, 1.82) is 0 Å². The van der Waals surface area contributed by atoms with Crippen molar-refractivity contribution in [2.45, 2.75) is 39.4 Å². The zero-order valence-electron chi connectivity index (χ0n) is 17.3. The highest BCUT2D eigenvalue weighted by Crippen LogP contribution is 2.17. The SMILES string of the molecule is CCc1nncn1CCNC(=NCc1ccccc1)NC(C)c1cccc(Cl)c1.I. The van der Waals surface area contributed by atoms with Gasteiger partial charge in [0.2, 0.25) is 0 Å². The van der Waals surface area contributed by atoms with E-state index in [2.05, 4.69) is 57.4 Å². The molecular formula is C22H28ClIN6. The van der Waals surface area contributed by atoms with E-state index in [4.69, 9.17) is 16.6 Å². The number of halogens is 2. The van der Waals surface area contributed by atoms with Gasteiger partial charge in [0.25, 0.3) is 0 Å². The summed E-state index contributed by atoms with van der Waals surface area (Å²) >= 11 is 6.15. The second-order valence-electron chi connectivity index (χ2n) is 6.79. The van der Waals surface area contributed by atoms with Crippen LogP contribution < -0.4 is 10.6 Å². The number of hydrogen-bond donors (Lipinski definition) is 2. The Balaban J connectivity index is 0.00000320. The average Bonchev–Trinajstić information content (AvgIpc) is 3.20. The molecule has 0 saturated heterocycles. The summed E-state index contributed by atoms with van der Waals surface area (Å²) in [7, 11) is 0. The molecule has 0 aliphatic heterocycles. The number of rotatable bonds is 8. The van der Waals surface area contributed by atoms with Gasteiger partial charge in [-0.3, -0.25) is 0 Å². The van der Waals surface area contributed by atoms with Crippen LogP contribution in [0.25, 0.3) is 0 Å². The van der Waals surface area contributed by atoms with E-state index in [0.29, 0.717) is 13.1 Å². The van der Waals surface area contributed by atoms with Gasteiger partial charge in [-0.2, -0.15) is 0 Å². The van der Waals surface area contributed by atoms with E-state index >= 15 is 0 Å². The molecule has 0 saturated carbocycles. The zero-order valence-corrected chi connectivity index (χ0v) is 20.3. The van der Waals surface area contributed by atoms with Crippen molar-refractivity contribution in [3.05, 3.63) is 82.9 Å². The highest BCUT2D eigenvalue weighted by Gasteiger charge is 2.09. The predicted molar refractivity (Wildman–Crippen MR) is 133 cm³/mol. The topological polar surface area (TPSA) is 67.1 Å². The van der Waals surface area contributed by atoms with Crippen LogP contribution in [-0.4, -0.2) is 27.3 Å². The third-order valence-electron chi connectivity index (χ3n) is 4.62. The van der Waals surface area contributed by atoms with Crippen LogP contribution in [-0.2, 0) is 19.5 Å². The van der Waals surface area contributed by atoms with Crippen LogP contribution in [0, 0.1) is 0 Å². The van der Waals surface area contributed by atoms with E-state index in [1.54, 1.807) is 6.33 Å². The molecule has 2 aromatic carbocycles. The van der Waals surface area contributed by atoms with Crippen LogP contribution in [0.1, 0.15) is 36.8 Å². The van der Waals surface area contributed by atoms with E-state index in [9.17, 15) is 0 Å². The Labute approximate surface area is 200 Å². The zero-order chi connectivity index (χ0) is 20.5. The molecule has 0 aliphatic rings. The molecule has 0 spiro atoms. The molecule has 3 rings (SSSR count). The van der Waals surface area contributed by atoms with Crippen molar-refractivity contribution in [2.24, 2.45) is 4.99 Å². The molecule has 2 N–H and O–H groups in total. The Morgan fingerprint density at radius 2 is 1.97 bits per heavy atom. The summed E-state index contributed by atoms with van der Waals surface area (Å²) in [6, 6.07) is 18.2. The molecule has 8 heteroatoms. The first-order valence-electron chi connectivity index (χ1n) is 9.86. The highest BCUT2D eigenvalue weighted by atomic mass is 127. The lowest BCUT2D eigenvalue weighted by molar-refractivity contribution is 0.619. The minimum absolute atomic E-state index is 0. The number of aromatic nitrogens is 3. The fourth-order valence-corrected chi connectivity index (χ4v) is 3.20. The maximum absolute atomic E-state index is 6.15. The molecule has 160 valence electrons. The Kier molecular flexibility index (Phi) is 10.1. The van der Waals surface area contributed by atoms with Gasteiger partial charge in [-0.15, -0.1) is 34.2 Å². The van der Waals surface area contributed by atoms with Gasteiger partial charge < -0.3 is 15.2 Å². The molecule has 1 aromatic heterocycles. The summed E-state index contributed by atoms with van der Waals surface area (Å²) in [6.07, 6.45) is 2.63. The Morgan fingerprint density at radius 1 is 1.17 bits per heavy atom. The van der Waals surface area contributed by atoms with E-state index in [-0.39, 0.29) is 30.0 Å². The van der Waals surface area contributed by atoms with Gasteiger partial charge in [0.15, 0.2) is 5.96 Å². The summed E-state index contributed by atoms with van der Waals surface area (Å²) in [4.78, 5) is 4.76. The molecule has 0 amide bonds. The van der Waals surface area contributed by atoms with Crippen LogP contribution in [0.3, 0.4) is 0 Å². The fourth-order valence-electron chi connectivity index (χ4n) is 3.00. The van der Waals surface area contributed by atoms with Gasteiger partial charge in [-0.25, -0.2) is 4.99 Å². The van der Waals surface area contributed by atoms with Crippen LogP contribution in [0.4, 0.5) is 0 Å². The van der Waals surface area contributed by atoms with Crippen molar-refractivity contribution in [1.82, 2.24) is 25.4 Å². The van der Waals surface area contributed by atoms with Crippen LogP contribution in [0.15, 0.2) is 65.9 Å². The smallest absolute Gasteiger partial charge is 0.192 e. The van der Waals surface area contributed by atoms with Crippen molar-refractivity contribution in [3.63, 3.8) is 0 Å². The van der Waals surface area contributed by atoms with E-state index in [1.807, 2.05) is 36.4 Å². The maximum Gasteiger partial charge on any atom is 0.192 e. The summed E-state index contributed by atoms with van der Waals surface area (Å²) in [5, 5.41) is 15.8. The van der Waals surface area contributed by atoms with Gasteiger partial charge in [0, 0.05) is 24.5 Å². The molecular weight excluding hydrogens is 511 g/mol. The molecule has 1 unspecified atom stereocenters. The van der Waals surface area contributed by atoms with Crippen molar-refractivity contribution >= 4 is 41.5 Å². The van der Waals surface area contributed by atoms with E-state index in [0.717, 1.165) is 40.9 Å². The average molecular weight is 539 g/mol. The summed E-state index contributed by atoms with van der Waals surface area (Å²) in [5.74, 6) is 1.74.